The molecule has 178 valence electrons. The first-order chi connectivity index (χ1) is 15.3. The Kier molecular flexibility index (Phi) is 8.59. The number of hydrogen-bond donors (Lipinski definition) is 2. The summed E-state index contributed by atoms with van der Waals surface area (Å²) >= 11 is 0. The van der Waals surface area contributed by atoms with Crippen molar-refractivity contribution in [1.82, 2.24) is 5.32 Å². The number of nitrogens with one attached hydrogen (secondary N) is 1. The molecule has 1 fully saturated rings. The van der Waals surface area contributed by atoms with Gasteiger partial charge in [-0.25, -0.2) is 0 Å². The van der Waals surface area contributed by atoms with E-state index < -0.39 is 18.0 Å². The molecular weight excluding hydrogens is 423 g/mol. The van der Waals surface area contributed by atoms with E-state index in [1.54, 1.807) is 6.08 Å². The minimum absolute atomic E-state index is 0.0200. The van der Waals surface area contributed by atoms with Gasteiger partial charge in [0.2, 0.25) is 6.29 Å². The van der Waals surface area contributed by atoms with Crippen LogP contribution in [0.2, 0.25) is 0 Å². The molecule has 1 aromatic rings. The minimum Gasteiger partial charge on any atom is -0.459 e. The van der Waals surface area contributed by atoms with Crippen molar-refractivity contribution in [3.05, 3.63) is 47.2 Å². The summed E-state index contributed by atoms with van der Waals surface area (Å²) in [6.07, 6.45) is 2.75. The Morgan fingerprint density at radius 1 is 1.19 bits per heavy atom. The number of halogens is 3. The maximum atomic E-state index is 13.0. The molecule has 1 amide bonds. The maximum Gasteiger partial charge on any atom is 0.416 e. The Labute approximate surface area is 187 Å². The summed E-state index contributed by atoms with van der Waals surface area (Å²) in [6, 6.07) is 5.10. The van der Waals surface area contributed by atoms with E-state index in [0.29, 0.717) is 25.0 Å². The van der Waals surface area contributed by atoms with Crippen LogP contribution < -0.4 is 5.32 Å². The molecular formula is C24H32F3NO4. The normalized spacial score (nSPS) is 24.5. The highest BCUT2D eigenvalue weighted by atomic mass is 19.4. The number of allylic oxidation sites excluding steroid dienone is 1. The van der Waals surface area contributed by atoms with Gasteiger partial charge in [0.1, 0.15) is 0 Å². The quantitative estimate of drug-likeness (QED) is 0.585. The van der Waals surface area contributed by atoms with Crippen LogP contribution in [0.5, 0.6) is 0 Å². The second-order valence-electron chi connectivity index (χ2n) is 8.46. The molecule has 0 aromatic heterocycles. The van der Waals surface area contributed by atoms with Crippen LogP contribution in [0.4, 0.5) is 13.2 Å². The highest BCUT2D eigenvalue weighted by molar-refractivity contribution is 5.92. The molecule has 1 aromatic carbocycles. The molecule has 0 unspecified atom stereocenters. The third-order valence-corrected chi connectivity index (χ3v) is 6.20. The van der Waals surface area contributed by atoms with Crippen LogP contribution in [0.1, 0.15) is 68.9 Å². The predicted molar refractivity (Wildman–Crippen MR) is 114 cm³/mol. The van der Waals surface area contributed by atoms with Crippen molar-refractivity contribution in [3.8, 4) is 0 Å². The highest BCUT2D eigenvalue weighted by Gasteiger charge is 2.38. The van der Waals surface area contributed by atoms with Gasteiger partial charge in [-0.3, -0.25) is 4.79 Å². The summed E-state index contributed by atoms with van der Waals surface area (Å²) in [4.78, 5) is 13.0. The van der Waals surface area contributed by atoms with Gasteiger partial charge in [0.25, 0.3) is 5.91 Å². The summed E-state index contributed by atoms with van der Waals surface area (Å²) in [5.41, 5.74) is -0.0715. The van der Waals surface area contributed by atoms with E-state index in [0.717, 1.165) is 37.8 Å². The number of carbonyl (C=O) groups excluding carboxylic acids is 1. The molecule has 3 rings (SSSR count). The van der Waals surface area contributed by atoms with Crippen LogP contribution in [0.3, 0.4) is 0 Å². The standard InChI is InChI=1S/C24H32F3NO4/c1-2-31-23-19(9-6-14-29)20(16-10-12-17(13-11-16)24(25,26)27)15-21(32-23)22(30)28-18-7-4-3-5-8-18/h10-13,15,18-20,23,29H,2-9,14H2,1H3,(H,28,30)/t19-,20+,23+/m1/s1. The Balaban J connectivity index is 1.89. The molecule has 5 nitrogen and oxygen atoms in total. The predicted octanol–water partition coefficient (Wildman–Crippen LogP) is 4.90. The van der Waals surface area contributed by atoms with Gasteiger partial charge in [0, 0.05) is 31.1 Å². The van der Waals surface area contributed by atoms with Gasteiger partial charge in [-0.05, 0) is 56.4 Å². The van der Waals surface area contributed by atoms with E-state index in [1.807, 2.05) is 6.92 Å². The van der Waals surface area contributed by atoms with Crippen LogP contribution in [-0.2, 0) is 20.4 Å². The van der Waals surface area contributed by atoms with E-state index in [-0.39, 0.29) is 36.2 Å². The average Bonchev–Trinajstić information content (AvgIpc) is 2.78. The molecule has 1 aliphatic carbocycles. The molecule has 0 bridgehead atoms. The SMILES string of the molecule is CCO[C@H]1OC(C(=O)NC2CCCCC2)=C[C@@H](c2ccc(C(F)(F)F)cc2)[C@H]1CCCO. The third-order valence-electron chi connectivity index (χ3n) is 6.20. The van der Waals surface area contributed by atoms with E-state index >= 15 is 0 Å². The average molecular weight is 456 g/mol. The van der Waals surface area contributed by atoms with Gasteiger partial charge in [-0.1, -0.05) is 31.4 Å². The van der Waals surface area contributed by atoms with Gasteiger partial charge in [0.05, 0.1) is 5.56 Å². The lowest BCUT2D eigenvalue weighted by molar-refractivity contribution is -0.166. The van der Waals surface area contributed by atoms with Crippen molar-refractivity contribution < 1.29 is 32.5 Å². The molecule has 8 heteroatoms. The second kappa shape index (κ2) is 11.2. The van der Waals surface area contributed by atoms with Crippen molar-refractivity contribution in [2.24, 2.45) is 5.92 Å². The number of aliphatic hydroxyl groups excluding tert-OH is 1. The van der Waals surface area contributed by atoms with Crippen LogP contribution in [0.15, 0.2) is 36.1 Å². The van der Waals surface area contributed by atoms with Crippen molar-refractivity contribution >= 4 is 5.91 Å². The second-order valence-corrected chi connectivity index (χ2v) is 8.46. The molecule has 32 heavy (non-hydrogen) atoms. The lowest BCUT2D eigenvalue weighted by Crippen LogP contribution is -2.42. The fourth-order valence-corrected chi connectivity index (χ4v) is 4.54. The highest BCUT2D eigenvalue weighted by Crippen LogP contribution is 2.40. The number of amides is 1. The van der Waals surface area contributed by atoms with Gasteiger partial charge < -0.3 is 19.9 Å². The largest absolute Gasteiger partial charge is 0.459 e. The molecule has 0 saturated heterocycles. The first-order valence-electron chi connectivity index (χ1n) is 11.4. The Morgan fingerprint density at radius 2 is 1.88 bits per heavy atom. The van der Waals surface area contributed by atoms with E-state index in [4.69, 9.17) is 9.47 Å². The van der Waals surface area contributed by atoms with Crippen LogP contribution in [0.25, 0.3) is 0 Å². The first-order valence-corrected chi connectivity index (χ1v) is 11.4. The zero-order chi connectivity index (χ0) is 23.1. The molecule has 1 aliphatic heterocycles. The molecule has 1 heterocycles. The van der Waals surface area contributed by atoms with Gasteiger partial charge in [-0.2, -0.15) is 13.2 Å². The smallest absolute Gasteiger partial charge is 0.416 e. The topological polar surface area (TPSA) is 67.8 Å². The fourth-order valence-electron chi connectivity index (χ4n) is 4.54. The maximum absolute atomic E-state index is 13.0. The molecule has 1 saturated carbocycles. The lowest BCUT2D eigenvalue weighted by Gasteiger charge is -2.37. The van der Waals surface area contributed by atoms with Crippen LogP contribution in [0, 0.1) is 5.92 Å². The fraction of sp³-hybridized carbons (Fsp3) is 0.625. The Morgan fingerprint density at radius 3 is 2.47 bits per heavy atom. The number of ether oxygens (including phenoxy) is 2. The molecule has 0 spiro atoms. The first kappa shape index (κ1) is 24.6. The monoisotopic (exact) mass is 455 g/mol. The number of aliphatic hydroxyl groups is 1. The van der Waals surface area contributed by atoms with Crippen molar-refractivity contribution in [1.29, 1.82) is 0 Å². The van der Waals surface area contributed by atoms with E-state index in [1.165, 1.54) is 18.6 Å². The van der Waals surface area contributed by atoms with Crippen molar-refractivity contribution in [2.75, 3.05) is 13.2 Å². The lowest BCUT2D eigenvalue weighted by atomic mass is 9.80. The summed E-state index contributed by atoms with van der Waals surface area (Å²) in [5, 5.41) is 12.4. The zero-order valence-corrected chi connectivity index (χ0v) is 18.4. The summed E-state index contributed by atoms with van der Waals surface area (Å²) in [5.74, 6) is -0.801. The van der Waals surface area contributed by atoms with Crippen LogP contribution in [-0.4, -0.2) is 36.6 Å². The number of alkyl halides is 3. The number of benzene rings is 1. The van der Waals surface area contributed by atoms with E-state index in [9.17, 15) is 23.1 Å². The van der Waals surface area contributed by atoms with E-state index in [2.05, 4.69) is 5.32 Å². The molecule has 2 aliphatic rings. The molecule has 2 N–H and O–H groups in total. The number of rotatable bonds is 8. The van der Waals surface area contributed by atoms with Gasteiger partial charge in [-0.15, -0.1) is 0 Å². The number of carbonyl (C=O) groups is 1. The summed E-state index contributed by atoms with van der Waals surface area (Å²) in [6.45, 7) is 2.16. The molecule has 3 atom stereocenters. The minimum atomic E-state index is -4.42. The molecule has 0 radical (unpaired) electrons. The Bertz CT molecular complexity index is 772. The van der Waals surface area contributed by atoms with Crippen molar-refractivity contribution in [3.63, 3.8) is 0 Å². The zero-order valence-electron chi connectivity index (χ0n) is 18.4. The van der Waals surface area contributed by atoms with Crippen molar-refractivity contribution in [2.45, 2.75) is 76.3 Å². The van der Waals surface area contributed by atoms with Crippen LogP contribution >= 0.6 is 0 Å². The van der Waals surface area contributed by atoms with Gasteiger partial charge in [0.15, 0.2) is 5.76 Å². The third kappa shape index (κ3) is 6.25. The van der Waals surface area contributed by atoms with Gasteiger partial charge >= 0.3 is 6.18 Å². The summed E-state index contributed by atoms with van der Waals surface area (Å²) in [7, 11) is 0. The summed E-state index contributed by atoms with van der Waals surface area (Å²) < 4.78 is 50.8. The Hall–Kier alpha value is -2.06. The number of hydrogen-bond acceptors (Lipinski definition) is 4.